The van der Waals surface area contributed by atoms with Crippen LogP contribution in [0.5, 0.6) is 0 Å². The standard InChI is InChI=1S/C38H45N10O4/c1-37(2)15-23(16-38(3,4)48(37)52)47-20-22(44-45-47)17-40-34(49)19-41-35(50)33-14-27-25-10-6-8-12-29(25)43-32(27)21-46(33)36(51)30-13-26-24-9-5-7-11-28(24)42-31(26)18-39-30/h5-12,20,23,30,33,39,42-43H,13-19,21H2,1-4H3,(H,40,49)(H,41,50)/t30-,33-/m0/s1. The van der Waals surface area contributed by atoms with E-state index < -0.39 is 23.2 Å². The fourth-order valence-corrected chi connectivity index (χ4v) is 8.70. The Hall–Kier alpha value is -5.05. The molecule has 2 aromatic carbocycles. The summed E-state index contributed by atoms with van der Waals surface area (Å²) in [6.07, 6.45) is 3.89. The molecular formula is C38H45N10O4. The average Bonchev–Trinajstić information content (AvgIpc) is 3.86. The smallest absolute Gasteiger partial charge is 0.243 e. The van der Waals surface area contributed by atoms with Crippen LogP contribution in [0.3, 0.4) is 0 Å². The monoisotopic (exact) mass is 705 g/mol. The van der Waals surface area contributed by atoms with Gasteiger partial charge in [-0.1, -0.05) is 41.6 Å². The fraction of sp³-hybridized carbons (Fsp3) is 0.447. The Morgan fingerprint density at radius 2 is 1.50 bits per heavy atom. The highest BCUT2D eigenvalue weighted by Gasteiger charge is 2.47. The highest BCUT2D eigenvalue weighted by atomic mass is 16.5. The molecule has 52 heavy (non-hydrogen) atoms. The molecule has 1 radical (unpaired) electrons. The molecule has 1 saturated heterocycles. The molecule has 3 amide bonds. The van der Waals surface area contributed by atoms with Crippen molar-refractivity contribution in [1.82, 2.24) is 50.9 Å². The lowest BCUT2D eigenvalue weighted by atomic mass is 9.79. The number of benzene rings is 2. The van der Waals surface area contributed by atoms with Crippen LogP contribution in [-0.4, -0.2) is 82.4 Å². The summed E-state index contributed by atoms with van der Waals surface area (Å²) in [5.74, 6) is -0.920. The first-order chi connectivity index (χ1) is 24.9. The highest BCUT2D eigenvalue weighted by molar-refractivity contribution is 5.95. The van der Waals surface area contributed by atoms with Crippen molar-refractivity contribution >= 4 is 39.5 Å². The minimum atomic E-state index is -0.799. The Kier molecular flexibility index (Phi) is 8.43. The van der Waals surface area contributed by atoms with Gasteiger partial charge in [-0.25, -0.2) is 4.68 Å². The number of hydrogen-bond acceptors (Lipinski definition) is 7. The number of hydrogen-bond donors (Lipinski definition) is 5. The Morgan fingerprint density at radius 1 is 0.865 bits per heavy atom. The number of nitrogens with one attached hydrogen (secondary N) is 5. The van der Waals surface area contributed by atoms with Crippen LogP contribution in [-0.2, 0) is 52.1 Å². The zero-order valence-corrected chi connectivity index (χ0v) is 30.0. The van der Waals surface area contributed by atoms with Crippen LogP contribution in [0.1, 0.15) is 74.8 Å². The van der Waals surface area contributed by atoms with Crippen molar-refractivity contribution in [3.63, 3.8) is 0 Å². The normalized spacial score (nSPS) is 21.5. The second kappa shape index (κ2) is 12.9. The van der Waals surface area contributed by atoms with E-state index in [1.54, 1.807) is 15.8 Å². The first-order valence-electron chi connectivity index (χ1n) is 18.0. The summed E-state index contributed by atoms with van der Waals surface area (Å²) >= 11 is 0. The number of aromatic nitrogens is 5. The fourth-order valence-electron chi connectivity index (χ4n) is 8.70. The van der Waals surface area contributed by atoms with Crippen LogP contribution in [0.4, 0.5) is 0 Å². The molecular weight excluding hydrogens is 660 g/mol. The predicted octanol–water partition coefficient (Wildman–Crippen LogP) is 3.18. The lowest BCUT2D eigenvalue weighted by Gasteiger charge is -2.49. The number of carbonyl (C=O) groups excluding carboxylic acids is 3. The Labute approximate surface area is 301 Å². The number of carbonyl (C=O) groups is 3. The highest BCUT2D eigenvalue weighted by Crippen LogP contribution is 2.42. The summed E-state index contributed by atoms with van der Waals surface area (Å²) in [5.41, 5.74) is 5.59. The summed E-state index contributed by atoms with van der Waals surface area (Å²) in [6, 6.07) is 14.7. The molecule has 0 unspecified atom stereocenters. The van der Waals surface area contributed by atoms with E-state index in [4.69, 9.17) is 0 Å². The Morgan fingerprint density at radius 3 is 2.19 bits per heavy atom. The van der Waals surface area contributed by atoms with Gasteiger partial charge < -0.3 is 25.5 Å². The molecule has 271 valence electrons. The number of hydroxylamine groups is 2. The lowest BCUT2D eigenvalue weighted by Crippen LogP contribution is -2.58. The van der Waals surface area contributed by atoms with Crippen molar-refractivity contribution in [3.8, 4) is 0 Å². The van der Waals surface area contributed by atoms with Gasteiger partial charge in [0.25, 0.3) is 0 Å². The first-order valence-corrected chi connectivity index (χ1v) is 18.0. The molecule has 0 spiro atoms. The molecule has 0 bridgehead atoms. The zero-order chi connectivity index (χ0) is 36.4. The van der Waals surface area contributed by atoms with E-state index in [1.807, 2.05) is 70.2 Å². The van der Waals surface area contributed by atoms with Crippen LogP contribution in [0.2, 0.25) is 0 Å². The number of amides is 3. The molecule has 6 heterocycles. The molecule has 3 aliphatic heterocycles. The van der Waals surface area contributed by atoms with E-state index in [0.29, 0.717) is 37.9 Å². The second-order valence-electron chi connectivity index (χ2n) is 15.7. The van der Waals surface area contributed by atoms with Gasteiger partial charge in [-0.15, -0.1) is 15.4 Å². The van der Waals surface area contributed by atoms with Gasteiger partial charge in [-0.2, -0.15) is 0 Å². The van der Waals surface area contributed by atoms with E-state index in [2.05, 4.69) is 42.3 Å². The molecule has 1 fully saturated rings. The SMILES string of the molecule is CC1(C)CC(n2cc(CNC(=O)CNC(=O)[C@@H]3Cc4c([nH]c5ccccc45)CN3C(=O)[C@@H]3Cc4c([nH]c5ccccc45)CN3)nn2)CC(C)(C)N1[O]. The maximum absolute atomic E-state index is 14.3. The third-order valence-corrected chi connectivity index (χ3v) is 11.1. The zero-order valence-electron chi connectivity index (χ0n) is 30.0. The van der Waals surface area contributed by atoms with Gasteiger partial charge in [0.1, 0.15) is 11.7 Å². The topological polar surface area (TPSA) is 176 Å². The van der Waals surface area contributed by atoms with Gasteiger partial charge in [-0.3, -0.25) is 19.7 Å². The summed E-state index contributed by atoms with van der Waals surface area (Å²) in [7, 11) is 0. The van der Waals surface area contributed by atoms with Gasteiger partial charge in [0, 0.05) is 57.2 Å². The van der Waals surface area contributed by atoms with Crippen LogP contribution in [0.15, 0.2) is 54.7 Å². The Bertz CT molecular complexity index is 2160. The van der Waals surface area contributed by atoms with Crippen LogP contribution >= 0.6 is 0 Å². The van der Waals surface area contributed by atoms with Crippen LogP contribution in [0, 0.1) is 0 Å². The third-order valence-electron chi connectivity index (χ3n) is 11.1. The molecule has 2 atom stereocenters. The number of para-hydroxylation sites is 2. The summed E-state index contributed by atoms with van der Waals surface area (Å²) in [6.45, 7) is 8.41. The van der Waals surface area contributed by atoms with Crippen molar-refractivity contribution in [3.05, 3.63) is 82.9 Å². The summed E-state index contributed by atoms with van der Waals surface area (Å²) < 4.78 is 1.79. The average molecular weight is 706 g/mol. The van der Waals surface area contributed by atoms with E-state index in [1.165, 1.54) is 5.06 Å². The maximum atomic E-state index is 14.3. The van der Waals surface area contributed by atoms with Crippen LogP contribution < -0.4 is 16.0 Å². The molecule has 3 aliphatic rings. The Balaban J connectivity index is 0.938. The lowest BCUT2D eigenvalue weighted by molar-refractivity contribution is -0.293. The van der Waals surface area contributed by atoms with E-state index in [9.17, 15) is 19.6 Å². The maximum Gasteiger partial charge on any atom is 0.243 e. The minimum Gasteiger partial charge on any atom is -0.357 e. The molecule has 3 aromatic heterocycles. The predicted molar refractivity (Wildman–Crippen MR) is 193 cm³/mol. The van der Waals surface area contributed by atoms with Gasteiger partial charge in [0.15, 0.2) is 0 Å². The number of aromatic amines is 2. The van der Waals surface area contributed by atoms with Crippen molar-refractivity contribution in [2.75, 3.05) is 6.54 Å². The van der Waals surface area contributed by atoms with E-state index in [-0.39, 0.29) is 43.4 Å². The molecule has 8 rings (SSSR count). The molecule has 14 heteroatoms. The number of fused-ring (bicyclic) bond motifs is 6. The first kappa shape index (κ1) is 34.1. The van der Waals surface area contributed by atoms with Crippen molar-refractivity contribution < 1.29 is 19.6 Å². The number of H-pyrrole nitrogens is 2. The largest absolute Gasteiger partial charge is 0.357 e. The van der Waals surface area contributed by atoms with Crippen molar-refractivity contribution in [2.45, 2.75) is 102 Å². The summed E-state index contributed by atoms with van der Waals surface area (Å²) in [5, 5.41) is 33.7. The minimum absolute atomic E-state index is 0.00141. The number of rotatable bonds is 7. The number of piperidine rings is 1. The molecule has 0 aliphatic carbocycles. The quantitative estimate of drug-likeness (QED) is 0.173. The number of nitrogens with zero attached hydrogens (tertiary/aromatic N) is 5. The molecule has 0 saturated carbocycles. The molecule has 5 aromatic rings. The molecule has 5 N–H and O–H groups in total. The second-order valence-corrected chi connectivity index (χ2v) is 15.7. The van der Waals surface area contributed by atoms with Crippen LogP contribution in [0.25, 0.3) is 21.8 Å². The van der Waals surface area contributed by atoms with Crippen molar-refractivity contribution in [2.24, 2.45) is 0 Å². The van der Waals surface area contributed by atoms with Crippen molar-refractivity contribution in [1.29, 1.82) is 0 Å². The van der Waals surface area contributed by atoms with Gasteiger partial charge in [0.2, 0.25) is 17.7 Å². The van der Waals surface area contributed by atoms with Gasteiger partial charge in [-0.05, 0) is 70.2 Å². The molecule has 14 nitrogen and oxygen atoms in total. The van der Waals surface area contributed by atoms with Gasteiger partial charge in [0.05, 0.1) is 37.9 Å². The van der Waals surface area contributed by atoms with E-state index >= 15 is 0 Å². The van der Waals surface area contributed by atoms with Gasteiger partial charge >= 0.3 is 0 Å². The summed E-state index contributed by atoms with van der Waals surface area (Å²) in [4.78, 5) is 49.8. The third kappa shape index (κ3) is 6.14. The van der Waals surface area contributed by atoms with E-state index in [0.717, 1.165) is 44.3 Å².